The van der Waals surface area contributed by atoms with E-state index in [0.717, 1.165) is 32.1 Å². The Morgan fingerprint density at radius 2 is 1.96 bits per heavy atom. The van der Waals surface area contributed by atoms with Crippen LogP contribution in [0.2, 0.25) is 0 Å². The van der Waals surface area contributed by atoms with Crippen LogP contribution in [0.3, 0.4) is 0 Å². The molecule has 5 unspecified atom stereocenters. The molecular weight excluding hydrogens is 284 g/mol. The molecule has 0 saturated heterocycles. The van der Waals surface area contributed by atoms with Crippen LogP contribution < -0.4 is 0 Å². The number of ketones is 1. The molecule has 0 aliphatic heterocycles. The van der Waals surface area contributed by atoms with Crippen LogP contribution in [-0.2, 0) is 4.79 Å². The van der Waals surface area contributed by atoms with E-state index in [2.05, 4.69) is 26.5 Å². The molecule has 4 aliphatic carbocycles. The lowest BCUT2D eigenvalue weighted by Crippen LogP contribution is -2.53. The molecule has 4 aliphatic rings. The van der Waals surface area contributed by atoms with Gasteiger partial charge in [0, 0.05) is 10.8 Å². The first-order chi connectivity index (χ1) is 10.8. The number of rotatable bonds is 1. The summed E-state index contributed by atoms with van der Waals surface area (Å²) in [4.78, 5) is 11.8. The van der Waals surface area contributed by atoms with Gasteiger partial charge in [0.05, 0.1) is 5.60 Å². The smallest absolute Gasteiger partial charge is 0.178 e. The fourth-order valence-corrected chi connectivity index (χ4v) is 6.58. The summed E-state index contributed by atoms with van der Waals surface area (Å²) in [5.41, 5.74) is 0.666. The molecule has 0 amide bonds. The molecule has 1 N–H and O–H groups in total. The molecule has 4 rings (SSSR count). The Hall–Kier alpha value is -1.15. The second kappa shape index (κ2) is 4.69. The van der Waals surface area contributed by atoms with Crippen LogP contribution in [0.15, 0.2) is 36.5 Å². The van der Waals surface area contributed by atoms with Crippen LogP contribution in [0.5, 0.6) is 0 Å². The molecule has 0 radical (unpaired) electrons. The molecule has 0 spiro atoms. The van der Waals surface area contributed by atoms with E-state index in [1.165, 1.54) is 12.0 Å². The highest BCUT2D eigenvalue weighted by molar-refractivity contribution is 6.01. The number of aliphatic hydroxyl groups is 1. The number of allylic oxidation sites excluding steroid dienone is 4. The number of hydrogen-bond acceptors (Lipinski definition) is 2. The van der Waals surface area contributed by atoms with Crippen LogP contribution in [0.1, 0.15) is 52.4 Å². The molecule has 0 aromatic heterocycles. The summed E-state index contributed by atoms with van der Waals surface area (Å²) in [6.45, 7) is 8.55. The number of hydrogen-bond donors (Lipinski definition) is 1. The molecule has 2 heteroatoms. The maximum atomic E-state index is 11.8. The molecular formula is C21H28O2. The lowest BCUT2D eigenvalue weighted by atomic mass is 9.47. The molecule has 0 aromatic rings. The first-order valence-corrected chi connectivity index (χ1v) is 9.14. The van der Waals surface area contributed by atoms with Gasteiger partial charge >= 0.3 is 0 Å². The van der Waals surface area contributed by atoms with Crippen molar-refractivity contribution in [2.75, 3.05) is 0 Å². The van der Waals surface area contributed by atoms with E-state index in [4.69, 9.17) is 0 Å². The fraction of sp³-hybridized carbons (Fsp3) is 0.667. The lowest BCUT2D eigenvalue weighted by molar-refractivity contribution is -0.111. The highest BCUT2D eigenvalue weighted by atomic mass is 16.3. The average molecular weight is 312 g/mol. The molecule has 0 bridgehead atoms. The number of carbonyl (C=O) groups is 1. The molecule has 3 fully saturated rings. The van der Waals surface area contributed by atoms with E-state index in [9.17, 15) is 9.90 Å². The number of fused-ring (bicyclic) bond motifs is 5. The highest BCUT2D eigenvalue weighted by Gasteiger charge is 2.62. The monoisotopic (exact) mass is 312 g/mol. The van der Waals surface area contributed by atoms with Crippen LogP contribution in [-0.4, -0.2) is 16.5 Å². The van der Waals surface area contributed by atoms with Gasteiger partial charge < -0.3 is 5.11 Å². The Balaban J connectivity index is 1.71. The van der Waals surface area contributed by atoms with Gasteiger partial charge in [-0.2, -0.15) is 0 Å². The van der Waals surface area contributed by atoms with Crippen molar-refractivity contribution in [2.45, 2.75) is 58.0 Å². The fourth-order valence-electron chi connectivity index (χ4n) is 6.58. The topological polar surface area (TPSA) is 37.3 Å². The Morgan fingerprint density at radius 3 is 2.70 bits per heavy atom. The predicted octanol–water partition coefficient (Wildman–Crippen LogP) is 4.21. The van der Waals surface area contributed by atoms with Gasteiger partial charge in [0.2, 0.25) is 0 Å². The van der Waals surface area contributed by atoms with Crippen LogP contribution >= 0.6 is 0 Å². The minimum absolute atomic E-state index is 0.0261. The molecule has 23 heavy (non-hydrogen) atoms. The van der Waals surface area contributed by atoms with Crippen molar-refractivity contribution in [1.29, 1.82) is 0 Å². The van der Waals surface area contributed by atoms with Crippen molar-refractivity contribution in [2.24, 2.45) is 28.6 Å². The third-order valence-electron chi connectivity index (χ3n) is 8.11. The first kappa shape index (κ1) is 15.4. The maximum Gasteiger partial charge on any atom is 0.178 e. The van der Waals surface area contributed by atoms with Crippen LogP contribution in [0.4, 0.5) is 0 Å². The van der Waals surface area contributed by atoms with Gasteiger partial charge in [-0.25, -0.2) is 0 Å². The summed E-state index contributed by atoms with van der Waals surface area (Å²) in [6, 6.07) is 0. The second-order valence-corrected chi connectivity index (χ2v) is 8.73. The van der Waals surface area contributed by atoms with Crippen LogP contribution in [0, 0.1) is 28.6 Å². The normalized spacial score (nSPS) is 51.5. The zero-order valence-electron chi connectivity index (χ0n) is 14.3. The molecule has 2 nitrogen and oxygen atoms in total. The van der Waals surface area contributed by atoms with E-state index in [1.807, 2.05) is 12.2 Å². The van der Waals surface area contributed by atoms with E-state index < -0.39 is 5.60 Å². The van der Waals surface area contributed by atoms with Crippen LogP contribution in [0.25, 0.3) is 0 Å². The van der Waals surface area contributed by atoms with E-state index in [0.29, 0.717) is 17.8 Å². The molecule has 0 heterocycles. The SMILES string of the molecule is C=C[C@@]1(O)CCC2C3CCC4=CC(=O)C=CC4(C)C3CCC21C. The van der Waals surface area contributed by atoms with Crippen molar-refractivity contribution in [1.82, 2.24) is 0 Å². The van der Waals surface area contributed by atoms with Gasteiger partial charge in [-0.05, 0) is 68.4 Å². The summed E-state index contributed by atoms with van der Waals surface area (Å²) in [5, 5.41) is 11.1. The number of carbonyl (C=O) groups excluding carboxylic acids is 1. The Kier molecular flexibility index (Phi) is 3.14. The highest BCUT2D eigenvalue weighted by Crippen LogP contribution is 2.67. The van der Waals surface area contributed by atoms with E-state index >= 15 is 0 Å². The van der Waals surface area contributed by atoms with Gasteiger partial charge in [0.1, 0.15) is 0 Å². The second-order valence-electron chi connectivity index (χ2n) is 8.73. The largest absolute Gasteiger partial charge is 0.385 e. The summed E-state index contributed by atoms with van der Waals surface area (Å²) in [7, 11) is 0. The van der Waals surface area contributed by atoms with E-state index in [-0.39, 0.29) is 16.6 Å². The minimum Gasteiger partial charge on any atom is -0.385 e. The predicted molar refractivity (Wildman–Crippen MR) is 91.8 cm³/mol. The zero-order valence-corrected chi connectivity index (χ0v) is 14.3. The summed E-state index contributed by atoms with van der Waals surface area (Å²) >= 11 is 0. The molecule has 3 saturated carbocycles. The van der Waals surface area contributed by atoms with Crippen molar-refractivity contribution in [3.05, 3.63) is 36.5 Å². The summed E-state index contributed by atoms with van der Waals surface area (Å²) < 4.78 is 0. The lowest BCUT2D eigenvalue weighted by Gasteiger charge is -2.57. The van der Waals surface area contributed by atoms with Gasteiger partial charge in [-0.15, -0.1) is 6.58 Å². The zero-order chi connectivity index (χ0) is 16.5. The van der Waals surface area contributed by atoms with Gasteiger partial charge in [-0.3, -0.25) is 4.79 Å². The van der Waals surface area contributed by atoms with Crippen molar-refractivity contribution in [3.8, 4) is 0 Å². The maximum absolute atomic E-state index is 11.8. The molecule has 124 valence electrons. The Morgan fingerprint density at radius 1 is 1.22 bits per heavy atom. The summed E-state index contributed by atoms with van der Waals surface area (Å²) in [6.07, 6.45) is 14.0. The molecule has 6 atom stereocenters. The minimum atomic E-state index is -0.696. The Bertz CT molecular complexity index is 630. The van der Waals surface area contributed by atoms with Crippen molar-refractivity contribution in [3.63, 3.8) is 0 Å². The Labute approximate surface area is 139 Å². The quantitative estimate of drug-likeness (QED) is 0.736. The first-order valence-electron chi connectivity index (χ1n) is 9.14. The third kappa shape index (κ3) is 1.82. The molecule has 0 aromatic carbocycles. The average Bonchev–Trinajstić information content (AvgIpc) is 2.80. The van der Waals surface area contributed by atoms with E-state index in [1.54, 1.807) is 6.08 Å². The summed E-state index contributed by atoms with van der Waals surface area (Å²) in [5.74, 6) is 1.99. The standard InChI is InChI=1S/C21H28O2/c1-4-21(23)12-9-18-16-6-5-14-13-15(22)7-10-19(14,2)17(16)8-11-20(18,21)3/h4,7,10,13,16-18,23H,1,5-6,8-9,11-12H2,2-3H3/t16?,17?,18?,19?,20?,21-/m1/s1. The van der Waals surface area contributed by atoms with Gasteiger partial charge in [-0.1, -0.05) is 31.6 Å². The van der Waals surface area contributed by atoms with Crippen molar-refractivity contribution < 1.29 is 9.90 Å². The van der Waals surface area contributed by atoms with Gasteiger partial charge in [0.15, 0.2) is 5.78 Å². The van der Waals surface area contributed by atoms with Gasteiger partial charge in [0.25, 0.3) is 0 Å². The third-order valence-corrected chi connectivity index (χ3v) is 8.11. The van der Waals surface area contributed by atoms with Crippen molar-refractivity contribution >= 4 is 5.78 Å².